The van der Waals surface area contributed by atoms with Gasteiger partial charge in [0.1, 0.15) is 15.6 Å². The van der Waals surface area contributed by atoms with Crippen LogP contribution in [0.5, 0.6) is 0 Å². The van der Waals surface area contributed by atoms with E-state index in [1.165, 1.54) is 33.5 Å². The van der Waals surface area contributed by atoms with Crippen molar-refractivity contribution in [3.63, 3.8) is 0 Å². The van der Waals surface area contributed by atoms with E-state index in [9.17, 15) is 9.59 Å². The molecular weight excluding hydrogens is 553 g/mol. The van der Waals surface area contributed by atoms with E-state index in [1.54, 1.807) is 18.3 Å². The summed E-state index contributed by atoms with van der Waals surface area (Å²) in [6.45, 7) is 13.5. The fourth-order valence-corrected chi connectivity index (χ4v) is 8.49. The van der Waals surface area contributed by atoms with Gasteiger partial charge in [-0.1, -0.05) is 32.5 Å². The molecule has 0 spiro atoms. The van der Waals surface area contributed by atoms with Gasteiger partial charge in [-0.2, -0.15) is 0 Å². The molecule has 8 nitrogen and oxygen atoms in total. The second-order valence-corrected chi connectivity index (χ2v) is 15.0. The summed E-state index contributed by atoms with van der Waals surface area (Å²) in [5.41, 5.74) is 9.01. The van der Waals surface area contributed by atoms with Gasteiger partial charge in [0.25, 0.3) is 0 Å². The van der Waals surface area contributed by atoms with Crippen LogP contribution in [0, 0.1) is 11.3 Å². The number of ether oxygens (including phenoxy) is 2. The topological polar surface area (TPSA) is 116 Å². The highest BCUT2D eigenvalue weighted by Gasteiger charge is 2.35. The number of rotatable bonds is 6. The SMILES string of the molecule is CCOC(=O)c1c(NC(=O)CSc2nc(N)c3c4c(sc3n2)COC(C)(C)C4)sc2c1CC[C@H](C(C)(C)C)C2. The highest BCUT2D eigenvalue weighted by Crippen LogP contribution is 2.45. The van der Waals surface area contributed by atoms with Crippen LogP contribution in [0.25, 0.3) is 10.2 Å². The lowest BCUT2D eigenvalue weighted by atomic mass is 9.72. The number of carbonyl (C=O) groups is 2. The molecule has 1 aliphatic carbocycles. The second kappa shape index (κ2) is 10.6. The normalized spacial score (nSPS) is 18.5. The number of esters is 1. The minimum Gasteiger partial charge on any atom is -0.462 e. The monoisotopic (exact) mass is 588 g/mol. The molecule has 1 atom stereocenters. The van der Waals surface area contributed by atoms with Crippen LogP contribution in [0.1, 0.15) is 79.2 Å². The maximum Gasteiger partial charge on any atom is 0.341 e. The van der Waals surface area contributed by atoms with E-state index in [1.807, 2.05) is 0 Å². The van der Waals surface area contributed by atoms with E-state index in [0.717, 1.165) is 46.3 Å². The van der Waals surface area contributed by atoms with Crippen molar-refractivity contribution in [2.45, 2.75) is 84.6 Å². The van der Waals surface area contributed by atoms with Gasteiger partial charge in [-0.3, -0.25) is 4.79 Å². The van der Waals surface area contributed by atoms with Gasteiger partial charge < -0.3 is 20.5 Å². The van der Waals surface area contributed by atoms with Gasteiger partial charge in [0.2, 0.25) is 5.91 Å². The molecule has 210 valence electrons. The van der Waals surface area contributed by atoms with Crippen molar-refractivity contribution in [1.82, 2.24) is 9.97 Å². The van der Waals surface area contributed by atoms with Gasteiger partial charge in [-0.15, -0.1) is 22.7 Å². The number of hydrogen-bond acceptors (Lipinski definition) is 10. The molecule has 11 heteroatoms. The molecule has 0 unspecified atom stereocenters. The Hall–Kier alpha value is -2.21. The van der Waals surface area contributed by atoms with Gasteiger partial charge in [-0.05, 0) is 62.5 Å². The Bertz CT molecular complexity index is 1440. The Morgan fingerprint density at radius 2 is 1.97 bits per heavy atom. The number of carbonyl (C=O) groups excluding carboxylic acids is 2. The summed E-state index contributed by atoms with van der Waals surface area (Å²) in [7, 11) is 0. The van der Waals surface area contributed by atoms with Gasteiger partial charge >= 0.3 is 5.97 Å². The van der Waals surface area contributed by atoms with Crippen LogP contribution >= 0.6 is 34.4 Å². The quantitative estimate of drug-likeness (QED) is 0.197. The Balaban J connectivity index is 1.33. The fourth-order valence-electron chi connectivity index (χ4n) is 5.34. The number of anilines is 2. The largest absolute Gasteiger partial charge is 0.462 e. The molecule has 0 aromatic carbocycles. The molecule has 0 fully saturated rings. The standard InChI is InChI=1S/C28H36N4O4S3/c1-7-35-25(34)21-15-9-8-14(27(2,3)4)10-17(15)38-24(21)30-19(33)13-37-26-31-22(29)20-16-11-28(5,6)36-12-18(16)39-23(20)32-26/h14H,7-13H2,1-6H3,(H,30,33)(H2,29,31,32)/t14-/m0/s1. The van der Waals surface area contributed by atoms with Crippen molar-refractivity contribution >= 4 is 67.3 Å². The zero-order valence-electron chi connectivity index (χ0n) is 23.4. The lowest BCUT2D eigenvalue weighted by Crippen LogP contribution is -2.31. The third-order valence-corrected chi connectivity index (χ3v) is 10.6. The molecule has 4 heterocycles. The van der Waals surface area contributed by atoms with E-state index in [4.69, 9.17) is 20.2 Å². The summed E-state index contributed by atoms with van der Waals surface area (Å²) in [4.78, 5) is 38.3. The number of fused-ring (bicyclic) bond motifs is 4. The molecule has 0 saturated heterocycles. The molecule has 3 aromatic rings. The molecule has 2 aliphatic rings. The molecule has 0 radical (unpaired) electrons. The average Bonchev–Trinajstić information content (AvgIpc) is 3.38. The number of amides is 1. The van der Waals surface area contributed by atoms with Gasteiger partial charge in [-0.25, -0.2) is 14.8 Å². The second-order valence-electron chi connectivity index (χ2n) is 11.9. The van der Waals surface area contributed by atoms with Crippen LogP contribution in [0.15, 0.2) is 5.16 Å². The van der Waals surface area contributed by atoms with Crippen LogP contribution in [-0.4, -0.2) is 39.8 Å². The minimum absolute atomic E-state index is 0.0988. The first kappa shape index (κ1) is 28.3. The highest BCUT2D eigenvalue weighted by atomic mass is 32.2. The van der Waals surface area contributed by atoms with E-state index < -0.39 is 0 Å². The van der Waals surface area contributed by atoms with Crippen molar-refractivity contribution in [1.29, 1.82) is 0 Å². The summed E-state index contributed by atoms with van der Waals surface area (Å²) in [6.07, 6.45) is 3.49. The Kier molecular flexibility index (Phi) is 7.73. The van der Waals surface area contributed by atoms with E-state index in [-0.39, 0.29) is 35.3 Å². The zero-order chi connectivity index (χ0) is 28.1. The molecule has 1 amide bonds. The van der Waals surface area contributed by atoms with Crippen LogP contribution < -0.4 is 11.1 Å². The summed E-state index contributed by atoms with van der Waals surface area (Å²) in [5.74, 6) is 0.460. The first-order valence-corrected chi connectivity index (χ1v) is 15.9. The Morgan fingerprint density at radius 3 is 2.69 bits per heavy atom. The predicted molar refractivity (Wildman–Crippen MR) is 159 cm³/mol. The molecule has 0 bridgehead atoms. The first-order chi connectivity index (χ1) is 18.4. The van der Waals surface area contributed by atoms with E-state index >= 15 is 0 Å². The number of nitrogens with zero attached hydrogens (tertiary/aromatic N) is 2. The van der Waals surface area contributed by atoms with Gasteiger partial charge in [0.15, 0.2) is 5.16 Å². The number of thioether (sulfide) groups is 1. The van der Waals surface area contributed by atoms with Gasteiger partial charge in [0, 0.05) is 16.2 Å². The number of thiophene rings is 2. The highest BCUT2D eigenvalue weighted by molar-refractivity contribution is 7.99. The number of nitrogens with two attached hydrogens (primary N) is 1. The molecule has 39 heavy (non-hydrogen) atoms. The summed E-state index contributed by atoms with van der Waals surface area (Å²) < 4.78 is 11.3. The van der Waals surface area contributed by atoms with Crippen molar-refractivity contribution in [2.24, 2.45) is 11.3 Å². The van der Waals surface area contributed by atoms with Gasteiger partial charge in [0.05, 0.1) is 35.5 Å². The summed E-state index contributed by atoms with van der Waals surface area (Å²) in [6, 6.07) is 0. The fraction of sp³-hybridized carbons (Fsp3) is 0.571. The molecule has 0 saturated carbocycles. The van der Waals surface area contributed by atoms with Crippen LogP contribution in [0.4, 0.5) is 10.8 Å². The van der Waals surface area contributed by atoms with E-state index in [0.29, 0.717) is 34.1 Å². The third kappa shape index (κ3) is 5.82. The lowest BCUT2D eigenvalue weighted by molar-refractivity contribution is -0.113. The summed E-state index contributed by atoms with van der Waals surface area (Å²) >= 11 is 4.31. The first-order valence-electron chi connectivity index (χ1n) is 13.3. The van der Waals surface area contributed by atoms with Crippen molar-refractivity contribution < 1.29 is 19.1 Å². The van der Waals surface area contributed by atoms with E-state index in [2.05, 4.69) is 44.9 Å². The maximum atomic E-state index is 13.1. The smallest absolute Gasteiger partial charge is 0.341 e. The molecule has 1 aliphatic heterocycles. The molecule has 3 aromatic heterocycles. The van der Waals surface area contributed by atoms with Crippen LogP contribution in [0.3, 0.4) is 0 Å². The third-order valence-electron chi connectivity index (χ3n) is 7.49. The predicted octanol–water partition coefficient (Wildman–Crippen LogP) is 6.24. The number of nitrogen functional groups attached to an aromatic ring is 1. The number of aromatic nitrogens is 2. The molecule has 3 N–H and O–H groups in total. The van der Waals surface area contributed by atoms with Crippen molar-refractivity contribution in [3.8, 4) is 0 Å². The van der Waals surface area contributed by atoms with Crippen LogP contribution in [-0.2, 0) is 40.1 Å². The van der Waals surface area contributed by atoms with Crippen molar-refractivity contribution in [2.75, 3.05) is 23.4 Å². The average molecular weight is 589 g/mol. The summed E-state index contributed by atoms with van der Waals surface area (Å²) in [5, 5.41) is 4.92. The maximum absolute atomic E-state index is 13.1. The Morgan fingerprint density at radius 1 is 1.21 bits per heavy atom. The molecule has 5 rings (SSSR count). The number of hydrogen-bond donors (Lipinski definition) is 2. The zero-order valence-corrected chi connectivity index (χ0v) is 25.8. The minimum atomic E-state index is -0.373. The van der Waals surface area contributed by atoms with Crippen molar-refractivity contribution in [3.05, 3.63) is 26.4 Å². The Labute approximate surface area is 241 Å². The number of nitrogens with one attached hydrogen (secondary N) is 1. The van der Waals surface area contributed by atoms with Crippen LogP contribution in [0.2, 0.25) is 0 Å². The lowest BCUT2D eigenvalue weighted by Gasteiger charge is -2.33. The molecular formula is C28H36N4O4S3.